The minimum atomic E-state index is -0.517. The Morgan fingerprint density at radius 1 is 1.18 bits per heavy atom. The highest BCUT2D eigenvalue weighted by Crippen LogP contribution is 2.43. The van der Waals surface area contributed by atoms with Gasteiger partial charge in [-0.15, -0.1) is 0 Å². The van der Waals surface area contributed by atoms with Gasteiger partial charge in [0.25, 0.3) is 0 Å². The third-order valence-electron chi connectivity index (χ3n) is 5.67. The standard InChI is InChI=1S/C23H27N3O2/c1-5-6-7-11-26-20-14-19-18(13-17(20)23(2,3)22(26)27)24-21(25-19)15-9-8-10-16(12-15)28-4/h8-10,12-14H,5-7,11H2,1-4H3,(H,24,25). The lowest BCUT2D eigenvalue weighted by atomic mass is 9.86. The van der Waals surface area contributed by atoms with Crippen molar-refractivity contribution in [3.8, 4) is 17.1 Å². The molecule has 0 unspecified atom stereocenters. The number of imidazole rings is 1. The fraction of sp³-hybridized carbons (Fsp3) is 0.391. The fourth-order valence-electron chi connectivity index (χ4n) is 3.98. The van der Waals surface area contributed by atoms with Gasteiger partial charge < -0.3 is 14.6 Å². The third kappa shape index (κ3) is 2.95. The van der Waals surface area contributed by atoms with Crippen molar-refractivity contribution >= 4 is 22.6 Å². The van der Waals surface area contributed by atoms with Gasteiger partial charge in [-0.2, -0.15) is 0 Å². The monoisotopic (exact) mass is 377 g/mol. The van der Waals surface area contributed by atoms with E-state index in [1.165, 1.54) is 0 Å². The number of hydrogen-bond acceptors (Lipinski definition) is 3. The Kier molecular flexibility index (Phi) is 4.61. The van der Waals surface area contributed by atoms with Gasteiger partial charge in [0, 0.05) is 12.1 Å². The van der Waals surface area contributed by atoms with E-state index in [0.717, 1.165) is 65.2 Å². The Bertz CT molecular complexity index is 1040. The molecule has 1 aromatic heterocycles. The van der Waals surface area contributed by atoms with E-state index in [0.29, 0.717) is 0 Å². The van der Waals surface area contributed by atoms with Crippen molar-refractivity contribution in [1.82, 2.24) is 9.97 Å². The third-order valence-corrected chi connectivity index (χ3v) is 5.67. The first kappa shape index (κ1) is 18.5. The zero-order chi connectivity index (χ0) is 19.9. The molecule has 0 aliphatic carbocycles. The van der Waals surface area contributed by atoms with Gasteiger partial charge in [-0.1, -0.05) is 31.9 Å². The largest absolute Gasteiger partial charge is 0.497 e. The topological polar surface area (TPSA) is 58.2 Å². The number of benzene rings is 2. The summed E-state index contributed by atoms with van der Waals surface area (Å²) in [7, 11) is 1.66. The zero-order valence-corrected chi connectivity index (χ0v) is 17.0. The Labute approximate surface area is 165 Å². The minimum absolute atomic E-state index is 0.180. The van der Waals surface area contributed by atoms with Crippen molar-refractivity contribution in [2.24, 2.45) is 0 Å². The molecule has 1 amide bonds. The number of fused-ring (bicyclic) bond motifs is 2. The molecule has 5 heteroatoms. The molecule has 0 spiro atoms. The van der Waals surface area contributed by atoms with E-state index in [-0.39, 0.29) is 5.91 Å². The Hall–Kier alpha value is -2.82. The SMILES string of the molecule is CCCCCN1C(=O)C(C)(C)c2cc3[nH]c(-c4cccc(OC)c4)nc3cc21. The molecular weight excluding hydrogens is 350 g/mol. The summed E-state index contributed by atoms with van der Waals surface area (Å²) in [4.78, 5) is 23.2. The maximum atomic E-state index is 13.0. The average molecular weight is 377 g/mol. The molecule has 146 valence electrons. The number of H-pyrrole nitrogens is 1. The van der Waals surface area contributed by atoms with Crippen molar-refractivity contribution in [2.75, 3.05) is 18.6 Å². The highest BCUT2D eigenvalue weighted by atomic mass is 16.5. The first-order valence-corrected chi connectivity index (χ1v) is 9.96. The van der Waals surface area contributed by atoms with Gasteiger partial charge in [0.1, 0.15) is 11.6 Å². The number of nitrogens with one attached hydrogen (secondary N) is 1. The molecule has 0 radical (unpaired) electrons. The number of amides is 1. The van der Waals surface area contributed by atoms with Crippen LogP contribution in [0.4, 0.5) is 5.69 Å². The summed E-state index contributed by atoms with van der Waals surface area (Å²) in [5.41, 5.74) is 4.36. The van der Waals surface area contributed by atoms with Gasteiger partial charge in [-0.05, 0) is 50.1 Å². The van der Waals surface area contributed by atoms with Gasteiger partial charge >= 0.3 is 0 Å². The summed E-state index contributed by atoms with van der Waals surface area (Å²) in [6.07, 6.45) is 3.29. The average Bonchev–Trinajstić information content (AvgIpc) is 3.19. The molecular formula is C23H27N3O2. The predicted octanol–water partition coefficient (Wildman–Crippen LogP) is 5.05. The molecule has 2 aromatic carbocycles. The summed E-state index contributed by atoms with van der Waals surface area (Å²) in [6, 6.07) is 12.0. The number of anilines is 1. The summed E-state index contributed by atoms with van der Waals surface area (Å²) in [5, 5.41) is 0. The molecule has 28 heavy (non-hydrogen) atoms. The van der Waals surface area contributed by atoms with E-state index in [2.05, 4.69) is 24.0 Å². The number of carbonyl (C=O) groups excluding carboxylic acids is 1. The molecule has 0 bridgehead atoms. The van der Waals surface area contributed by atoms with Gasteiger partial charge in [-0.3, -0.25) is 4.79 Å². The maximum Gasteiger partial charge on any atom is 0.237 e. The van der Waals surface area contributed by atoms with Gasteiger partial charge in [0.2, 0.25) is 5.91 Å². The molecule has 3 aromatic rings. The van der Waals surface area contributed by atoms with Crippen molar-refractivity contribution in [1.29, 1.82) is 0 Å². The number of hydrogen-bond donors (Lipinski definition) is 1. The maximum absolute atomic E-state index is 13.0. The number of nitrogens with zero attached hydrogens (tertiary/aromatic N) is 2. The van der Waals surface area contributed by atoms with Crippen molar-refractivity contribution in [3.05, 3.63) is 42.0 Å². The normalized spacial score (nSPS) is 15.3. The molecule has 0 fully saturated rings. The second-order valence-corrected chi connectivity index (χ2v) is 7.99. The highest BCUT2D eigenvalue weighted by molar-refractivity contribution is 6.09. The molecule has 5 nitrogen and oxygen atoms in total. The Morgan fingerprint density at radius 3 is 2.75 bits per heavy atom. The predicted molar refractivity (Wildman–Crippen MR) is 113 cm³/mol. The van der Waals surface area contributed by atoms with E-state index in [4.69, 9.17) is 9.72 Å². The molecule has 1 N–H and O–H groups in total. The molecule has 0 saturated carbocycles. The first-order chi connectivity index (χ1) is 13.5. The van der Waals surface area contributed by atoms with E-state index < -0.39 is 5.41 Å². The van der Waals surface area contributed by atoms with E-state index in [1.807, 2.05) is 43.0 Å². The van der Waals surface area contributed by atoms with Crippen LogP contribution in [0.5, 0.6) is 5.75 Å². The van der Waals surface area contributed by atoms with Crippen LogP contribution >= 0.6 is 0 Å². The molecule has 4 rings (SSSR count). The summed E-state index contributed by atoms with van der Waals surface area (Å²) in [5.74, 6) is 1.78. The highest BCUT2D eigenvalue weighted by Gasteiger charge is 2.43. The minimum Gasteiger partial charge on any atom is -0.497 e. The van der Waals surface area contributed by atoms with Crippen LogP contribution in [0, 0.1) is 0 Å². The lowest BCUT2D eigenvalue weighted by Crippen LogP contribution is -2.36. The quantitative estimate of drug-likeness (QED) is 0.611. The first-order valence-electron chi connectivity index (χ1n) is 9.96. The fourth-order valence-corrected chi connectivity index (χ4v) is 3.98. The molecule has 2 heterocycles. The van der Waals surface area contributed by atoms with Crippen molar-refractivity contribution in [2.45, 2.75) is 45.4 Å². The van der Waals surface area contributed by atoms with Crippen LogP contribution in [-0.4, -0.2) is 29.5 Å². The van der Waals surface area contributed by atoms with Crippen LogP contribution < -0.4 is 9.64 Å². The van der Waals surface area contributed by atoms with Crippen LogP contribution in [0.3, 0.4) is 0 Å². The van der Waals surface area contributed by atoms with Gasteiger partial charge in [0.15, 0.2) is 0 Å². The zero-order valence-electron chi connectivity index (χ0n) is 17.0. The second-order valence-electron chi connectivity index (χ2n) is 7.99. The number of unbranched alkanes of at least 4 members (excludes halogenated alkanes) is 2. The van der Waals surface area contributed by atoms with Crippen LogP contribution in [-0.2, 0) is 10.2 Å². The summed E-state index contributed by atoms with van der Waals surface area (Å²) in [6.45, 7) is 6.97. The summed E-state index contributed by atoms with van der Waals surface area (Å²) >= 11 is 0. The molecule has 1 aliphatic rings. The smallest absolute Gasteiger partial charge is 0.237 e. The van der Waals surface area contributed by atoms with Crippen LogP contribution in [0.25, 0.3) is 22.4 Å². The van der Waals surface area contributed by atoms with Crippen molar-refractivity contribution < 1.29 is 9.53 Å². The molecule has 0 saturated heterocycles. The molecule has 1 aliphatic heterocycles. The van der Waals surface area contributed by atoms with E-state index in [9.17, 15) is 4.79 Å². The van der Waals surface area contributed by atoms with E-state index in [1.54, 1.807) is 7.11 Å². The summed E-state index contributed by atoms with van der Waals surface area (Å²) < 4.78 is 5.33. The lowest BCUT2D eigenvalue weighted by Gasteiger charge is -2.20. The number of carbonyl (C=O) groups is 1. The van der Waals surface area contributed by atoms with Crippen LogP contribution in [0.15, 0.2) is 36.4 Å². The number of rotatable bonds is 6. The number of aromatic amines is 1. The van der Waals surface area contributed by atoms with E-state index >= 15 is 0 Å². The number of methoxy groups -OCH3 is 1. The van der Waals surface area contributed by atoms with Gasteiger partial charge in [-0.25, -0.2) is 4.98 Å². The Morgan fingerprint density at radius 2 is 2.00 bits per heavy atom. The number of ether oxygens (including phenoxy) is 1. The molecule has 0 atom stereocenters. The lowest BCUT2D eigenvalue weighted by molar-refractivity contribution is -0.122. The van der Waals surface area contributed by atoms with Crippen LogP contribution in [0.2, 0.25) is 0 Å². The van der Waals surface area contributed by atoms with Crippen molar-refractivity contribution in [3.63, 3.8) is 0 Å². The number of aromatic nitrogens is 2. The Balaban J connectivity index is 1.77. The van der Waals surface area contributed by atoms with Crippen LogP contribution in [0.1, 0.15) is 45.6 Å². The second kappa shape index (κ2) is 6.97. The van der Waals surface area contributed by atoms with Gasteiger partial charge in [0.05, 0.1) is 29.2 Å².